The summed E-state index contributed by atoms with van der Waals surface area (Å²) in [5.74, 6) is 0.641. The van der Waals surface area contributed by atoms with E-state index in [0.717, 1.165) is 28.5 Å². The number of imidazole rings is 1. The second kappa shape index (κ2) is 11.9. The second-order valence-corrected chi connectivity index (χ2v) is 11.3. The Morgan fingerprint density at radius 2 is 1.86 bits per heavy atom. The number of ether oxygens (including phenoxy) is 1. The van der Waals surface area contributed by atoms with Crippen molar-refractivity contribution in [2.45, 2.75) is 52.6 Å². The molecule has 0 bridgehead atoms. The average molecular weight is 565 g/mol. The smallest absolute Gasteiger partial charge is 0.323 e. The largest absolute Gasteiger partial charge is 0.497 e. The van der Waals surface area contributed by atoms with E-state index in [2.05, 4.69) is 47.4 Å². The van der Waals surface area contributed by atoms with E-state index in [-0.39, 0.29) is 16.7 Å². The minimum absolute atomic E-state index is 0.182. The van der Waals surface area contributed by atoms with Crippen LogP contribution in [0.5, 0.6) is 5.75 Å². The van der Waals surface area contributed by atoms with Gasteiger partial charge in [-0.15, -0.1) is 0 Å². The number of hydrogen-bond acceptors (Lipinski definition) is 5. The van der Waals surface area contributed by atoms with Crippen LogP contribution >= 0.6 is 0 Å². The molecule has 0 radical (unpaired) electrons. The molecule has 0 saturated carbocycles. The summed E-state index contributed by atoms with van der Waals surface area (Å²) in [6.45, 7) is 9.37. The summed E-state index contributed by atoms with van der Waals surface area (Å²) >= 11 is 0. The van der Waals surface area contributed by atoms with Gasteiger partial charge < -0.3 is 19.9 Å². The Balaban J connectivity index is 1.60. The van der Waals surface area contributed by atoms with Gasteiger partial charge in [0.05, 0.1) is 13.4 Å². The molecule has 0 saturated heterocycles. The minimum atomic E-state index is -0.507. The van der Waals surface area contributed by atoms with Gasteiger partial charge in [0.15, 0.2) is 0 Å². The van der Waals surface area contributed by atoms with Gasteiger partial charge in [0.1, 0.15) is 17.1 Å². The predicted molar refractivity (Wildman–Crippen MR) is 167 cm³/mol. The van der Waals surface area contributed by atoms with E-state index in [1.807, 2.05) is 66.2 Å². The summed E-state index contributed by atoms with van der Waals surface area (Å²) in [6.07, 6.45) is 7.80. The fourth-order valence-corrected chi connectivity index (χ4v) is 5.21. The Bertz CT molecular complexity index is 1780. The minimum Gasteiger partial charge on any atom is -0.497 e. The lowest BCUT2D eigenvalue weighted by molar-refractivity contribution is 0.262. The molecular formula is C33H36N6O3. The van der Waals surface area contributed by atoms with Gasteiger partial charge in [-0.25, -0.2) is 14.8 Å². The quantitative estimate of drug-likeness (QED) is 0.219. The van der Waals surface area contributed by atoms with Crippen molar-refractivity contribution in [1.82, 2.24) is 19.1 Å². The van der Waals surface area contributed by atoms with Crippen molar-refractivity contribution in [2.24, 2.45) is 0 Å². The topological polar surface area (TPSA) is 103 Å². The molecule has 0 spiro atoms. The highest BCUT2D eigenvalue weighted by Crippen LogP contribution is 2.35. The van der Waals surface area contributed by atoms with Crippen LogP contribution in [0, 0.1) is 0 Å². The van der Waals surface area contributed by atoms with Crippen molar-refractivity contribution < 1.29 is 9.53 Å². The van der Waals surface area contributed by atoms with Crippen LogP contribution in [-0.4, -0.2) is 32.2 Å². The number of fused-ring (bicyclic) bond motifs is 1. The number of nitrogens with zero attached hydrogens (tertiary/aromatic N) is 4. The number of aromatic nitrogens is 4. The van der Waals surface area contributed by atoms with Crippen molar-refractivity contribution in [3.8, 4) is 16.9 Å². The highest BCUT2D eigenvalue weighted by Gasteiger charge is 2.23. The van der Waals surface area contributed by atoms with Crippen LogP contribution in [0.4, 0.5) is 16.2 Å². The highest BCUT2D eigenvalue weighted by molar-refractivity contribution is 6.07. The lowest BCUT2D eigenvalue weighted by atomic mass is 9.85. The van der Waals surface area contributed by atoms with Crippen molar-refractivity contribution in [3.05, 3.63) is 101 Å². The standard InChI is InChI=1S/C33H36N6O3/c1-6-16-39-30-25(11-8-14-35-30)28(23-9-7-10-24(19-23)42-5)29(31(39)40)37-32(41)36-27-18-22(20-38-17-15-34-21-38)12-13-26(27)33(2,3)4/h7-15,17-19,21H,6,16,20H2,1-5H3,(H2,36,37,41). The summed E-state index contributed by atoms with van der Waals surface area (Å²) in [4.78, 5) is 36.4. The fourth-order valence-electron chi connectivity index (χ4n) is 5.21. The van der Waals surface area contributed by atoms with Crippen LogP contribution in [0.1, 0.15) is 45.2 Å². The Kier molecular flexibility index (Phi) is 8.10. The third-order valence-corrected chi connectivity index (χ3v) is 7.13. The Morgan fingerprint density at radius 3 is 2.57 bits per heavy atom. The third-order valence-electron chi connectivity index (χ3n) is 7.13. The van der Waals surface area contributed by atoms with Crippen molar-refractivity contribution in [2.75, 3.05) is 17.7 Å². The molecule has 2 aromatic carbocycles. The Hall–Kier alpha value is -4.92. The lowest BCUT2D eigenvalue weighted by Crippen LogP contribution is -2.30. The van der Waals surface area contributed by atoms with Crippen LogP contribution in [0.15, 0.2) is 84.3 Å². The van der Waals surface area contributed by atoms with E-state index < -0.39 is 6.03 Å². The number of anilines is 2. The Morgan fingerprint density at radius 1 is 1.02 bits per heavy atom. The van der Waals surface area contributed by atoms with Crippen LogP contribution in [0.25, 0.3) is 22.2 Å². The van der Waals surface area contributed by atoms with Crippen LogP contribution in [0.3, 0.4) is 0 Å². The SMILES string of the molecule is CCCn1c(=O)c(NC(=O)Nc2cc(Cn3ccnc3)ccc2C(C)(C)C)c(-c2cccc(OC)c2)c2cccnc21. The van der Waals surface area contributed by atoms with Gasteiger partial charge in [0.2, 0.25) is 0 Å². The molecule has 5 aromatic rings. The molecule has 216 valence electrons. The number of hydrogen-bond donors (Lipinski definition) is 2. The van der Waals surface area contributed by atoms with Gasteiger partial charge in [-0.05, 0) is 58.9 Å². The van der Waals surface area contributed by atoms with E-state index in [1.54, 1.807) is 30.4 Å². The average Bonchev–Trinajstić information content (AvgIpc) is 3.48. The monoisotopic (exact) mass is 564 g/mol. The van der Waals surface area contributed by atoms with Gasteiger partial charge >= 0.3 is 6.03 Å². The first-order valence-corrected chi connectivity index (χ1v) is 14.0. The molecule has 2 amide bonds. The predicted octanol–water partition coefficient (Wildman–Crippen LogP) is 6.67. The number of urea groups is 1. The van der Waals surface area contributed by atoms with Crippen LogP contribution < -0.4 is 20.9 Å². The molecule has 3 heterocycles. The number of amides is 2. The zero-order chi connectivity index (χ0) is 29.9. The molecule has 0 fully saturated rings. The number of carbonyl (C=O) groups excluding carboxylic acids is 1. The van der Waals surface area contributed by atoms with Crippen molar-refractivity contribution in [1.29, 1.82) is 0 Å². The number of methoxy groups -OCH3 is 1. The molecule has 0 aliphatic rings. The molecule has 0 unspecified atom stereocenters. The number of carbonyl (C=O) groups is 1. The molecule has 5 rings (SSSR count). The van der Waals surface area contributed by atoms with E-state index in [4.69, 9.17) is 4.74 Å². The van der Waals surface area contributed by atoms with Gasteiger partial charge in [0.25, 0.3) is 5.56 Å². The molecule has 0 aliphatic carbocycles. The fraction of sp³-hybridized carbons (Fsp3) is 0.273. The highest BCUT2D eigenvalue weighted by atomic mass is 16.5. The maximum atomic E-state index is 14.0. The van der Waals surface area contributed by atoms with Gasteiger partial charge in [0, 0.05) is 48.3 Å². The van der Waals surface area contributed by atoms with Gasteiger partial charge in [-0.2, -0.15) is 0 Å². The van der Waals surface area contributed by atoms with Crippen LogP contribution in [-0.2, 0) is 18.5 Å². The van der Waals surface area contributed by atoms with E-state index >= 15 is 0 Å². The van der Waals surface area contributed by atoms with E-state index in [0.29, 0.717) is 35.7 Å². The summed E-state index contributed by atoms with van der Waals surface area (Å²) in [5.41, 5.74) is 4.19. The molecule has 0 atom stereocenters. The molecule has 9 heteroatoms. The first-order valence-electron chi connectivity index (χ1n) is 14.0. The summed E-state index contributed by atoms with van der Waals surface area (Å²) in [7, 11) is 1.60. The molecular weight excluding hydrogens is 528 g/mol. The normalized spacial score (nSPS) is 11.5. The number of nitrogens with one attached hydrogen (secondary N) is 2. The molecule has 9 nitrogen and oxygen atoms in total. The van der Waals surface area contributed by atoms with Crippen molar-refractivity contribution >= 4 is 28.4 Å². The zero-order valence-corrected chi connectivity index (χ0v) is 24.6. The first-order chi connectivity index (χ1) is 20.2. The lowest BCUT2D eigenvalue weighted by Gasteiger charge is -2.24. The number of rotatable bonds is 8. The van der Waals surface area contributed by atoms with E-state index in [1.165, 1.54) is 0 Å². The van der Waals surface area contributed by atoms with E-state index in [9.17, 15) is 9.59 Å². The maximum Gasteiger partial charge on any atom is 0.323 e. The summed E-state index contributed by atoms with van der Waals surface area (Å²) in [5, 5.41) is 6.74. The van der Waals surface area contributed by atoms with Gasteiger partial charge in [-0.1, -0.05) is 52.0 Å². The van der Waals surface area contributed by atoms with Gasteiger partial charge in [-0.3, -0.25) is 9.36 Å². The summed E-state index contributed by atoms with van der Waals surface area (Å²) in [6, 6.07) is 16.8. The summed E-state index contributed by atoms with van der Waals surface area (Å²) < 4.78 is 9.06. The van der Waals surface area contributed by atoms with Crippen LogP contribution in [0.2, 0.25) is 0 Å². The zero-order valence-electron chi connectivity index (χ0n) is 24.6. The number of pyridine rings is 2. The first kappa shape index (κ1) is 28.6. The third kappa shape index (κ3) is 5.90. The second-order valence-electron chi connectivity index (χ2n) is 11.3. The molecule has 0 aliphatic heterocycles. The molecule has 42 heavy (non-hydrogen) atoms. The molecule has 2 N–H and O–H groups in total. The maximum absolute atomic E-state index is 14.0. The number of aryl methyl sites for hydroxylation is 1. The van der Waals surface area contributed by atoms with Crippen molar-refractivity contribution in [3.63, 3.8) is 0 Å². The number of benzene rings is 2. The molecule has 3 aromatic heterocycles. The Labute approximate surface area is 245 Å².